The number of benzene rings is 1. The van der Waals surface area contributed by atoms with E-state index in [9.17, 15) is 15.0 Å². The van der Waals surface area contributed by atoms with Gasteiger partial charge in [-0.2, -0.15) is 0 Å². The van der Waals surface area contributed by atoms with Crippen molar-refractivity contribution in [3.05, 3.63) is 23.8 Å². The van der Waals surface area contributed by atoms with Gasteiger partial charge in [0.25, 0.3) is 5.91 Å². The Bertz CT molecular complexity index is 666. The zero-order chi connectivity index (χ0) is 18.9. The summed E-state index contributed by atoms with van der Waals surface area (Å²) in [6, 6.07) is 5.15. The van der Waals surface area contributed by atoms with Crippen LogP contribution < -0.4 is 9.47 Å². The number of hydrogen-bond donors (Lipinski definition) is 2. The largest absolute Gasteiger partial charge is 0.497 e. The zero-order valence-corrected chi connectivity index (χ0v) is 15.5. The molecule has 0 saturated carbocycles. The van der Waals surface area contributed by atoms with Crippen molar-refractivity contribution in [2.24, 2.45) is 0 Å². The molecule has 1 amide bonds. The van der Waals surface area contributed by atoms with Crippen LogP contribution in [0.2, 0.25) is 0 Å². The highest BCUT2D eigenvalue weighted by molar-refractivity contribution is 5.97. The normalized spacial score (nSPS) is 28.0. The lowest BCUT2D eigenvalue weighted by atomic mass is 9.76. The predicted molar refractivity (Wildman–Crippen MR) is 94.6 cm³/mol. The van der Waals surface area contributed by atoms with Gasteiger partial charge in [-0.1, -0.05) is 0 Å². The maximum Gasteiger partial charge on any atom is 0.257 e. The fourth-order valence-corrected chi connectivity index (χ4v) is 3.84. The number of aliphatic hydroxyl groups is 2. The average Bonchev–Trinajstić information content (AvgIpc) is 2.64. The van der Waals surface area contributed by atoms with Crippen molar-refractivity contribution in [3.8, 4) is 11.5 Å². The number of nitrogens with zero attached hydrogens (tertiary/aromatic N) is 1. The van der Waals surface area contributed by atoms with Crippen LogP contribution in [0.25, 0.3) is 0 Å². The van der Waals surface area contributed by atoms with E-state index in [1.807, 2.05) is 0 Å². The Morgan fingerprint density at radius 1 is 1.27 bits per heavy atom. The summed E-state index contributed by atoms with van der Waals surface area (Å²) >= 11 is 0. The number of likely N-dealkylation sites (tertiary alicyclic amines) is 1. The van der Waals surface area contributed by atoms with E-state index in [1.54, 1.807) is 37.1 Å². The molecule has 2 saturated heterocycles. The van der Waals surface area contributed by atoms with Crippen LogP contribution >= 0.6 is 0 Å². The molecule has 0 unspecified atom stereocenters. The third-order valence-corrected chi connectivity index (χ3v) is 5.55. The van der Waals surface area contributed by atoms with Crippen molar-refractivity contribution >= 4 is 5.91 Å². The fourth-order valence-electron chi connectivity index (χ4n) is 3.84. The molecule has 2 fully saturated rings. The molecule has 1 spiro atoms. The van der Waals surface area contributed by atoms with Crippen LogP contribution in [0.1, 0.15) is 36.5 Å². The molecule has 0 bridgehead atoms. The molecule has 0 aromatic heterocycles. The molecule has 2 aliphatic heterocycles. The lowest BCUT2D eigenvalue weighted by Crippen LogP contribution is -2.59. The van der Waals surface area contributed by atoms with Gasteiger partial charge in [0.1, 0.15) is 17.6 Å². The van der Waals surface area contributed by atoms with Crippen molar-refractivity contribution in [1.29, 1.82) is 0 Å². The Morgan fingerprint density at radius 3 is 2.54 bits per heavy atom. The van der Waals surface area contributed by atoms with Crippen molar-refractivity contribution in [2.75, 3.05) is 33.9 Å². The minimum Gasteiger partial charge on any atom is -0.497 e. The molecule has 0 aliphatic carbocycles. The van der Waals surface area contributed by atoms with Crippen LogP contribution in [-0.2, 0) is 4.74 Å². The molecular weight excluding hydrogens is 338 g/mol. The monoisotopic (exact) mass is 365 g/mol. The molecule has 2 N–H and O–H groups in total. The predicted octanol–water partition coefficient (Wildman–Crippen LogP) is 1.21. The molecule has 2 aliphatic rings. The van der Waals surface area contributed by atoms with Gasteiger partial charge < -0.3 is 29.3 Å². The smallest absolute Gasteiger partial charge is 0.257 e. The summed E-state index contributed by atoms with van der Waals surface area (Å²) in [4.78, 5) is 14.7. The summed E-state index contributed by atoms with van der Waals surface area (Å²) in [7, 11) is 3.09. The molecule has 7 nitrogen and oxygen atoms in total. The van der Waals surface area contributed by atoms with E-state index in [2.05, 4.69) is 0 Å². The molecular formula is C19H27NO6. The molecule has 1 aromatic carbocycles. The van der Waals surface area contributed by atoms with E-state index >= 15 is 0 Å². The van der Waals surface area contributed by atoms with E-state index < -0.39 is 17.3 Å². The van der Waals surface area contributed by atoms with Crippen molar-refractivity contribution in [2.45, 2.75) is 43.5 Å². The number of methoxy groups -OCH3 is 2. The van der Waals surface area contributed by atoms with E-state index in [1.165, 1.54) is 7.11 Å². The number of aliphatic hydroxyl groups excluding tert-OH is 1. The third-order valence-electron chi connectivity index (χ3n) is 5.55. The summed E-state index contributed by atoms with van der Waals surface area (Å²) in [5.41, 5.74) is -1.15. The Labute approximate surface area is 153 Å². The lowest BCUT2D eigenvalue weighted by Gasteiger charge is -2.49. The number of amides is 1. The number of rotatable bonds is 3. The number of carbonyl (C=O) groups excluding carboxylic acids is 1. The highest BCUT2D eigenvalue weighted by Gasteiger charge is 2.49. The first kappa shape index (κ1) is 18.9. The molecule has 7 heteroatoms. The van der Waals surface area contributed by atoms with Crippen LogP contribution in [0.5, 0.6) is 11.5 Å². The van der Waals surface area contributed by atoms with Gasteiger partial charge in [0.15, 0.2) is 0 Å². The molecule has 26 heavy (non-hydrogen) atoms. The highest BCUT2D eigenvalue weighted by Crippen LogP contribution is 2.40. The number of carbonyl (C=O) groups is 1. The summed E-state index contributed by atoms with van der Waals surface area (Å²) < 4.78 is 16.4. The van der Waals surface area contributed by atoms with Gasteiger partial charge in [-0.3, -0.25) is 4.79 Å². The third kappa shape index (κ3) is 3.51. The minimum atomic E-state index is -1.16. The van der Waals surface area contributed by atoms with Gasteiger partial charge in [0.05, 0.1) is 37.6 Å². The Morgan fingerprint density at radius 2 is 1.96 bits per heavy atom. The Kier molecular flexibility index (Phi) is 5.14. The minimum absolute atomic E-state index is 0.0954. The van der Waals surface area contributed by atoms with Crippen LogP contribution in [0, 0.1) is 0 Å². The van der Waals surface area contributed by atoms with Gasteiger partial charge in [0, 0.05) is 25.6 Å². The van der Waals surface area contributed by atoms with Gasteiger partial charge in [-0.25, -0.2) is 0 Å². The second-order valence-corrected chi connectivity index (χ2v) is 7.40. The number of hydrogen-bond acceptors (Lipinski definition) is 6. The molecule has 2 heterocycles. The van der Waals surface area contributed by atoms with Crippen LogP contribution in [0.3, 0.4) is 0 Å². The van der Waals surface area contributed by atoms with Crippen molar-refractivity contribution < 1.29 is 29.2 Å². The SMILES string of the molecule is COc1ccc(C(=O)N2CCC3(CC2)C[C@](C)(O)[C@@H](O)CO3)c(OC)c1. The maximum atomic E-state index is 12.9. The zero-order valence-electron chi connectivity index (χ0n) is 15.5. The van der Waals surface area contributed by atoms with Gasteiger partial charge in [-0.05, 0) is 31.9 Å². The molecule has 0 radical (unpaired) electrons. The van der Waals surface area contributed by atoms with Gasteiger partial charge >= 0.3 is 0 Å². The Hall–Kier alpha value is -1.83. The second-order valence-electron chi connectivity index (χ2n) is 7.40. The first-order chi connectivity index (χ1) is 12.3. The fraction of sp³-hybridized carbons (Fsp3) is 0.632. The lowest BCUT2D eigenvalue weighted by molar-refractivity contribution is -0.221. The van der Waals surface area contributed by atoms with E-state index in [4.69, 9.17) is 14.2 Å². The first-order valence-electron chi connectivity index (χ1n) is 8.86. The summed E-state index contributed by atoms with van der Waals surface area (Å²) in [5, 5.41) is 20.3. The average molecular weight is 365 g/mol. The van der Waals surface area contributed by atoms with Crippen LogP contribution in [0.4, 0.5) is 0 Å². The summed E-state index contributed by atoms with van der Waals surface area (Å²) in [6.07, 6.45) is 0.742. The van der Waals surface area contributed by atoms with Gasteiger partial charge in [0.2, 0.25) is 0 Å². The first-order valence-corrected chi connectivity index (χ1v) is 8.86. The highest BCUT2D eigenvalue weighted by atomic mass is 16.5. The molecule has 1 aromatic rings. The second kappa shape index (κ2) is 7.06. The van der Waals surface area contributed by atoms with Gasteiger partial charge in [-0.15, -0.1) is 0 Å². The number of ether oxygens (including phenoxy) is 3. The molecule has 144 valence electrons. The Balaban J connectivity index is 1.69. The van der Waals surface area contributed by atoms with Crippen molar-refractivity contribution in [1.82, 2.24) is 4.90 Å². The topological polar surface area (TPSA) is 88.5 Å². The molecule has 2 atom stereocenters. The van der Waals surface area contributed by atoms with Crippen LogP contribution in [0.15, 0.2) is 18.2 Å². The van der Waals surface area contributed by atoms with E-state index in [0.29, 0.717) is 49.4 Å². The summed E-state index contributed by atoms with van der Waals surface area (Å²) in [6.45, 7) is 2.81. The summed E-state index contributed by atoms with van der Waals surface area (Å²) in [5.74, 6) is 1.02. The van der Waals surface area contributed by atoms with Crippen molar-refractivity contribution in [3.63, 3.8) is 0 Å². The standard InChI is InChI=1S/C19H27NO6/c1-18(23)12-19(26-11-16(18)21)6-8-20(9-7-19)17(22)14-5-4-13(24-2)10-15(14)25-3/h4-5,10,16,21,23H,6-9,11-12H2,1-3H3/t16-,18-/m0/s1. The van der Waals surface area contributed by atoms with Crippen LogP contribution in [-0.4, -0.2) is 72.2 Å². The number of piperidine rings is 1. The van der Waals surface area contributed by atoms with E-state index in [-0.39, 0.29) is 12.5 Å². The molecule has 3 rings (SSSR count). The van der Waals surface area contributed by atoms with E-state index in [0.717, 1.165) is 0 Å². The maximum absolute atomic E-state index is 12.9. The quantitative estimate of drug-likeness (QED) is 0.837.